The molecule has 7 heteroatoms. The van der Waals surface area contributed by atoms with Crippen molar-refractivity contribution in [3.63, 3.8) is 0 Å². The summed E-state index contributed by atoms with van der Waals surface area (Å²) in [5, 5.41) is 2.14. The Balaban J connectivity index is 2.95. The van der Waals surface area contributed by atoms with Crippen LogP contribution in [-0.4, -0.2) is 11.9 Å². The molecule has 0 aliphatic carbocycles. The third kappa shape index (κ3) is 3.61. The molecule has 1 aromatic carbocycles. The third-order valence-electron chi connectivity index (χ3n) is 1.97. The Morgan fingerprint density at radius 3 is 2.47 bits per heavy atom. The van der Waals surface area contributed by atoms with Crippen LogP contribution in [0.5, 0.6) is 0 Å². The molecule has 0 fully saturated rings. The molecule has 0 heterocycles. The zero-order valence-electron chi connectivity index (χ0n) is 8.81. The summed E-state index contributed by atoms with van der Waals surface area (Å²) in [5.74, 6) is -0.522. The molecule has 0 aliphatic rings. The molecule has 0 saturated carbocycles. The Hall–Kier alpha value is -1.27. The summed E-state index contributed by atoms with van der Waals surface area (Å²) in [5.41, 5.74) is 4.52. The molecule has 94 valence electrons. The van der Waals surface area contributed by atoms with E-state index in [4.69, 9.17) is 17.3 Å². The fourth-order valence-electron chi connectivity index (χ4n) is 1.04. The normalized spacial score (nSPS) is 13.3. The summed E-state index contributed by atoms with van der Waals surface area (Å²) in [6.45, 7) is 1.45. The summed E-state index contributed by atoms with van der Waals surface area (Å²) < 4.78 is 37.0. The van der Waals surface area contributed by atoms with Crippen LogP contribution in [0, 0.1) is 0 Å². The molecule has 0 aromatic heterocycles. The quantitative estimate of drug-likeness (QED) is 0.865. The molecule has 1 amide bonds. The van der Waals surface area contributed by atoms with E-state index < -0.39 is 23.7 Å². The van der Waals surface area contributed by atoms with Gasteiger partial charge in [0, 0.05) is 0 Å². The predicted octanol–water partition coefficient (Wildman–Crippen LogP) is 2.64. The summed E-state index contributed by atoms with van der Waals surface area (Å²) in [7, 11) is 0. The minimum Gasteiger partial charge on any atom is -0.323 e. The van der Waals surface area contributed by atoms with Crippen LogP contribution >= 0.6 is 11.6 Å². The van der Waals surface area contributed by atoms with Crippen LogP contribution in [0.3, 0.4) is 0 Å². The lowest BCUT2D eigenvalue weighted by atomic mass is 10.2. The summed E-state index contributed by atoms with van der Waals surface area (Å²) in [4.78, 5) is 11.2. The van der Waals surface area contributed by atoms with Gasteiger partial charge in [-0.15, -0.1) is 0 Å². The molecule has 0 bridgehead atoms. The van der Waals surface area contributed by atoms with E-state index in [1.807, 2.05) is 0 Å². The summed E-state index contributed by atoms with van der Waals surface area (Å²) >= 11 is 5.63. The lowest BCUT2D eigenvalue weighted by Crippen LogP contribution is -2.32. The third-order valence-corrected chi connectivity index (χ3v) is 2.28. The highest BCUT2D eigenvalue weighted by molar-refractivity contribution is 6.33. The van der Waals surface area contributed by atoms with Crippen LogP contribution in [0.15, 0.2) is 18.2 Å². The van der Waals surface area contributed by atoms with Crippen molar-refractivity contribution >= 4 is 23.2 Å². The molecule has 0 saturated heterocycles. The number of carbonyl (C=O) groups excluding carboxylic acids is 1. The van der Waals surface area contributed by atoms with Crippen LogP contribution in [0.25, 0.3) is 0 Å². The molecule has 1 aromatic rings. The van der Waals surface area contributed by atoms with Crippen molar-refractivity contribution in [1.29, 1.82) is 0 Å². The smallest absolute Gasteiger partial charge is 0.323 e. The number of halogens is 4. The van der Waals surface area contributed by atoms with Crippen LogP contribution in [-0.2, 0) is 11.0 Å². The van der Waals surface area contributed by atoms with Gasteiger partial charge in [0.2, 0.25) is 5.91 Å². The van der Waals surface area contributed by atoms with E-state index in [2.05, 4.69) is 5.32 Å². The number of nitrogens with two attached hydrogens (primary N) is 1. The topological polar surface area (TPSA) is 55.1 Å². The number of amides is 1. The van der Waals surface area contributed by atoms with Crippen molar-refractivity contribution in [2.24, 2.45) is 5.73 Å². The van der Waals surface area contributed by atoms with E-state index >= 15 is 0 Å². The highest BCUT2D eigenvalue weighted by Gasteiger charge is 2.31. The molecular weight excluding hydrogens is 257 g/mol. The SMILES string of the molecule is C[C@H](N)C(=O)Nc1ccc(C(F)(F)F)cc1Cl. The minimum atomic E-state index is -4.46. The first kappa shape index (κ1) is 13.8. The Labute approximate surface area is 101 Å². The first-order chi connectivity index (χ1) is 7.71. The molecule has 0 aliphatic heterocycles. The van der Waals surface area contributed by atoms with Crippen LogP contribution in [0.2, 0.25) is 5.02 Å². The van der Waals surface area contributed by atoms with Crippen LogP contribution in [0.4, 0.5) is 18.9 Å². The van der Waals surface area contributed by atoms with Gasteiger partial charge >= 0.3 is 6.18 Å². The van der Waals surface area contributed by atoms with Gasteiger partial charge in [0.15, 0.2) is 0 Å². The lowest BCUT2D eigenvalue weighted by Gasteiger charge is -2.12. The highest BCUT2D eigenvalue weighted by Crippen LogP contribution is 2.33. The molecule has 0 spiro atoms. The average Bonchev–Trinajstić information content (AvgIpc) is 2.19. The van der Waals surface area contributed by atoms with Crippen LogP contribution < -0.4 is 11.1 Å². The van der Waals surface area contributed by atoms with Gasteiger partial charge in [-0.05, 0) is 25.1 Å². The van der Waals surface area contributed by atoms with Crippen molar-refractivity contribution in [1.82, 2.24) is 0 Å². The number of alkyl halides is 3. The maximum absolute atomic E-state index is 12.3. The first-order valence-electron chi connectivity index (χ1n) is 4.65. The van der Waals surface area contributed by atoms with Crippen molar-refractivity contribution in [3.05, 3.63) is 28.8 Å². The van der Waals surface area contributed by atoms with Crippen molar-refractivity contribution in [2.75, 3.05) is 5.32 Å². The molecule has 3 nitrogen and oxygen atoms in total. The highest BCUT2D eigenvalue weighted by atomic mass is 35.5. The lowest BCUT2D eigenvalue weighted by molar-refractivity contribution is -0.137. The van der Waals surface area contributed by atoms with E-state index in [9.17, 15) is 18.0 Å². The van der Waals surface area contributed by atoms with Crippen LogP contribution in [0.1, 0.15) is 12.5 Å². The molecule has 0 radical (unpaired) electrons. The standard InChI is InChI=1S/C10H10ClF3N2O/c1-5(15)9(17)16-8-3-2-6(4-7(8)11)10(12,13)14/h2-5H,15H2,1H3,(H,16,17)/t5-/m0/s1. The van der Waals surface area contributed by atoms with Gasteiger partial charge in [-0.25, -0.2) is 0 Å². The second kappa shape index (κ2) is 4.93. The number of benzene rings is 1. The number of hydrogen-bond donors (Lipinski definition) is 2. The van der Waals surface area contributed by atoms with Gasteiger partial charge in [-0.2, -0.15) is 13.2 Å². The Kier molecular flexibility index (Phi) is 4.00. The van der Waals surface area contributed by atoms with Gasteiger partial charge in [-0.1, -0.05) is 11.6 Å². The second-order valence-electron chi connectivity index (χ2n) is 3.47. The second-order valence-corrected chi connectivity index (χ2v) is 3.88. The fourth-order valence-corrected chi connectivity index (χ4v) is 1.27. The summed E-state index contributed by atoms with van der Waals surface area (Å²) in [6, 6.07) is 1.90. The molecule has 1 atom stereocenters. The molecule has 3 N–H and O–H groups in total. The van der Waals surface area contributed by atoms with Crippen molar-refractivity contribution < 1.29 is 18.0 Å². The Morgan fingerprint density at radius 2 is 2.06 bits per heavy atom. The van der Waals surface area contributed by atoms with E-state index in [1.165, 1.54) is 6.92 Å². The zero-order chi connectivity index (χ0) is 13.2. The van der Waals surface area contributed by atoms with Gasteiger partial charge in [-0.3, -0.25) is 4.79 Å². The zero-order valence-corrected chi connectivity index (χ0v) is 9.56. The molecule has 0 unspecified atom stereocenters. The largest absolute Gasteiger partial charge is 0.416 e. The van der Waals surface area contributed by atoms with Gasteiger partial charge < -0.3 is 11.1 Å². The number of hydrogen-bond acceptors (Lipinski definition) is 2. The monoisotopic (exact) mass is 266 g/mol. The molecule has 1 rings (SSSR count). The van der Waals surface area contributed by atoms with Gasteiger partial charge in [0.25, 0.3) is 0 Å². The Bertz CT molecular complexity index is 432. The maximum Gasteiger partial charge on any atom is 0.416 e. The molecular formula is C10H10ClF3N2O. The number of anilines is 1. The minimum absolute atomic E-state index is 0.0990. The van der Waals surface area contributed by atoms with Gasteiger partial charge in [0.1, 0.15) is 0 Å². The Morgan fingerprint density at radius 1 is 1.47 bits per heavy atom. The summed E-state index contributed by atoms with van der Waals surface area (Å²) in [6.07, 6.45) is -4.46. The average molecular weight is 267 g/mol. The first-order valence-corrected chi connectivity index (χ1v) is 5.03. The number of carbonyl (C=O) groups is 1. The van der Waals surface area contributed by atoms with Crippen molar-refractivity contribution in [3.8, 4) is 0 Å². The van der Waals surface area contributed by atoms with Crippen molar-refractivity contribution in [2.45, 2.75) is 19.1 Å². The predicted molar refractivity (Wildman–Crippen MR) is 58.7 cm³/mol. The van der Waals surface area contributed by atoms with E-state index in [0.29, 0.717) is 0 Å². The fraction of sp³-hybridized carbons (Fsp3) is 0.300. The maximum atomic E-state index is 12.3. The van der Waals surface area contributed by atoms with E-state index in [-0.39, 0.29) is 10.7 Å². The van der Waals surface area contributed by atoms with E-state index in [0.717, 1.165) is 18.2 Å². The number of rotatable bonds is 2. The van der Waals surface area contributed by atoms with Gasteiger partial charge in [0.05, 0.1) is 22.3 Å². The van der Waals surface area contributed by atoms with E-state index in [1.54, 1.807) is 0 Å². The molecule has 17 heavy (non-hydrogen) atoms. The number of nitrogens with one attached hydrogen (secondary N) is 1.